The molecular weight excluding hydrogens is 679 g/mol. The number of hydrogen-bond acceptors (Lipinski definition) is 7. The van der Waals surface area contributed by atoms with Crippen LogP contribution in [0.2, 0.25) is 10.0 Å². The lowest BCUT2D eigenvalue weighted by atomic mass is 9.63. The number of nitro benzene ring substituents is 1. The van der Waals surface area contributed by atoms with Crippen LogP contribution >= 0.6 is 23.2 Å². The number of nitro groups is 1. The maximum absolute atomic E-state index is 14.6. The molecule has 1 amide bonds. The molecule has 4 atom stereocenters. The number of benzene rings is 4. The molecule has 4 aromatic carbocycles. The van der Waals surface area contributed by atoms with E-state index in [1.807, 2.05) is 48.5 Å². The van der Waals surface area contributed by atoms with Gasteiger partial charge in [-0.3, -0.25) is 14.9 Å². The van der Waals surface area contributed by atoms with Crippen LogP contribution in [0.5, 0.6) is 5.75 Å². The minimum Gasteiger partial charge on any atom is -0.495 e. The average molecular weight is 718 g/mol. The highest BCUT2D eigenvalue weighted by Crippen LogP contribution is 2.59. The van der Waals surface area contributed by atoms with E-state index in [4.69, 9.17) is 27.9 Å². The number of ether oxygens (including phenoxy) is 1. The third kappa shape index (κ3) is 6.63. The van der Waals surface area contributed by atoms with Crippen molar-refractivity contribution >= 4 is 52.1 Å². The summed E-state index contributed by atoms with van der Waals surface area (Å²) in [7, 11) is 1.42. The third-order valence-electron chi connectivity index (χ3n) is 9.68. The van der Waals surface area contributed by atoms with Gasteiger partial charge in [-0.2, -0.15) is 0 Å². The Hall–Kier alpha value is -4.64. The predicted octanol–water partition coefficient (Wildman–Crippen LogP) is 8.07. The molecule has 0 unspecified atom stereocenters. The maximum atomic E-state index is 14.6. The lowest BCUT2D eigenvalue weighted by Gasteiger charge is -2.40. The van der Waals surface area contributed by atoms with Crippen LogP contribution in [0.4, 0.5) is 17.1 Å². The number of amides is 1. The number of carboxylic acid groups (broad SMARTS) is 1. The molecule has 2 aliphatic rings. The van der Waals surface area contributed by atoms with Crippen LogP contribution in [-0.2, 0) is 16.8 Å². The van der Waals surface area contributed by atoms with E-state index < -0.39 is 28.3 Å². The summed E-state index contributed by atoms with van der Waals surface area (Å²) in [5.74, 6) is -1.74. The summed E-state index contributed by atoms with van der Waals surface area (Å²) in [5.41, 5.74) is 2.91. The first-order valence-electron chi connectivity index (χ1n) is 16.2. The van der Waals surface area contributed by atoms with Crippen molar-refractivity contribution < 1.29 is 24.4 Å². The molecule has 1 saturated heterocycles. The van der Waals surface area contributed by atoms with Gasteiger partial charge in [0.05, 0.1) is 29.3 Å². The SMILES string of the molecule is COc1cc(C(=O)O)ccc1NC(=O)[C@@H]1N[C@@H](CC(C)(C)C)[C@@]2(CN(Cc3cccc([N+](=O)[O-])c3)c3ccc(Cl)cc32)[C@H]1c1ccccc1Cl. The van der Waals surface area contributed by atoms with Gasteiger partial charge in [0.1, 0.15) is 5.75 Å². The zero-order valence-corrected chi connectivity index (χ0v) is 29.6. The molecule has 6 rings (SSSR count). The van der Waals surface area contributed by atoms with Crippen LogP contribution in [0.15, 0.2) is 84.9 Å². The molecule has 10 nitrogen and oxygen atoms in total. The van der Waals surface area contributed by atoms with E-state index in [1.54, 1.807) is 12.1 Å². The fourth-order valence-electron chi connectivity index (χ4n) is 7.72. The number of nitrogens with zero attached hydrogens (tertiary/aromatic N) is 2. The largest absolute Gasteiger partial charge is 0.495 e. The molecule has 0 aliphatic carbocycles. The molecular formula is C38H38Cl2N4O6. The summed E-state index contributed by atoms with van der Waals surface area (Å²) >= 11 is 13.8. The first-order chi connectivity index (χ1) is 23.7. The maximum Gasteiger partial charge on any atom is 0.335 e. The Bertz CT molecular complexity index is 1980. The number of halogens is 2. The number of nitrogens with one attached hydrogen (secondary N) is 2. The van der Waals surface area contributed by atoms with Crippen LogP contribution in [0, 0.1) is 15.5 Å². The Kier molecular flexibility index (Phi) is 9.56. The summed E-state index contributed by atoms with van der Waals surface area (Å²) in [4.78, 5) is 39.7. The molecule has 0 saturated carbocycles. The molecule has 1 fully saturated rings. The zero-order chi connectivity index (χ0) is 36.0. The van der Waals surface area contributed by atoms with E-state index in [1.165, 1.54) is 31.4 Å². The third-order valence-corrected chi connectivity index (χ3v) is 10.3. The van der Waals surface area contributed by atoms with Crippen molar-refractivity contribution in [3.05, 3.63) is 127 Å². The molecule has 4 aromatic rings. The van der Waals surface area contributed by atoms with Crippen LogP contribution < -0.4 is 20.3 Å². The number of non-ortho nitro benzene ring substituents is 1. The van der Waals surface area contributed by atoms with Gasteiger partial charge < -0.3 is 25.4 Å². The standard InChI is InChI=1S/C38H38Cl2N4O6/c1-37(2,3)19-32-38(21-43(30-15-13-24(39)18-27(30)38)20-22-8-7-9-25(16-22)44(48)49)33(26-10-5-6-11-28(26)40)34(42-32)35(45)41-29-14-12-23(36(46)47)17-31(29)50-4/h5-18,32-34,42H,19-21H2,1-4H3,(H,41,45)(H,46,47)/t32-,33-,34+,38-/m0/s1. The molecule has 50 heavy (non-hydrogen) atoms. The molecule has 0 aromatic heterocycles. The van der Waals surface area contributed by atoms with Crippen molar-refractivity contribution in [2.75, 3.05) is 23.9 Å². The fraction of sp³-hybridized carbons (Fsp3) is 0.316. The Labute approximate surface area is 300 Å². The molecule has 2 aliphatic heterocycles. The molecule has 12 heteroatoms. The second-order valence-corrected chi connectivity index (χ2v) is 15.0. The van der Waals surface area contributed by atoms with Gasteiger partial charge >= 0.3 is 5.97 Å². The van der Waals surface area contributed by atoms with Gasteiger partial charge in [-0.15, -0.1) is 0 Å². The highest BCUT2D eigenvalue weighted by Gasteiger charge is 2.62. The highest BCUT2D eigenvalue weighted by molar-refractivity contribution is 6.31. The number of fused-ring (bicyclic) bond motifs is 2. The molecule has 0 bridgehead atoms. The number of hydrogen-bond donors (Lipinski definition) is 3. The van der Waals surface area contributed by atoms with E-state index in [0.29, 0.717) is 35.2 Å². The van der Waals surface area contributed by atoms with Gasteiger partial charge in [-0.1, -0.05) is 74.3 Å². The van der Waals surface area contributed by atoms with Crippen LogP contribution in [0.3, 0.4) is 0 Å². The quantitative estimate of drug-likeness (QED) is 0.117. The molecule has 0 radical (unpaired) electrons. The number of carbonyl (C=O) groups excluding carboxylic acids is 1. The minimum absolute atomic E-state index is 0.0124. The summed E-state index contributed by atoms with van der Waals surface area (Å²) in [6.45, 7) is 7.33. The van der Waals surface area contributed by atoms with Crippen molar-refractivity contribution in [2.24, 2.45) is 5.41 Å². The van der Waals surface area contributed by atoms with Gasteiger partial charge in [-0.25, -0.2) is 4.79 Å². The van der Waals surface area contributed by atoms with Crippen molar-refractivity contribution in [2.45, 2.75) is 57.2 Å². The Balaban J connectivity index is 1.51. The second kappa shape index (κ2) is 13.6. The Morgan fingerprint density at radius 2 is 1.82 bits per heavy atom. The van der Waals surface area contributed by atoms with E-state index in [-0.39, 0.29) is 34.4 Å². The summed E-state index contributed by atoms with van der Waals surface area (Å²) in [6, 6.07) is 23.2. The smallest absolute Gasteiger partial charge is 0.335 e. The van der Waals surface area contributed by atoms with Crippen LogP contribution in [-0.4, -0.2) is 47.6 Å². The monoisotopic (exact) mass is 716 g/mol. The molecule has 1 spiro atoms. The number of carboxylic acids is 1. The van der Waals surface area contributed by atoms with Crippen molar-refractivity contribution in [3.8, 4) is 5.75 Å². The minimum atomic E-state index is -1.11. The van der Waals surface area contributed by atoms with Crippen molar-refractivity contribution in [3.63, 3.8) is 0 Å². The number of anilines is 2. The lowest BCUT2D eigenvalue weighted by Crippen LogP contribution is -2.48. The fourth-order valence-corrected chi connectivity index (χ4v) is 8.14. The van der Waals surface area contributed by atoms with Crippen molar-refractivity contribution in [1.82, 2.24) is 5.32 Å². The number of rotatable bonds is 9. The number of carbonyl (C=O) groups is 2. The summed E-state index contributed by atoms with van der Waals surface area (Å²) < 4.78 is 5.48. The first kappa shape index (κ1) is 35.2. The predicted molar refractivity (Wildman–Crippen MR) is 195 cm³/mol. The van der Waals surface area contributed by atoms with Gasteiger partial charge in [0.25, 0.3) is 5.69 Å². The Morgan fingerprint density at radius 3 is 2.50 bits per heavy atom. The van der Waals surface area contributed by atoms with Gasteiger partial charge in [-0.05, 0) is 71.0 Å². The molecule has 260 valence electrons. The van der Waals surface area contributed by atoms with E-state index >= 15 is 0 Å². The summed E-state index contributed by atoms with van der Waals surface area (Å²) in [6.07, 6.45) is 0.685. The molecule has 3 N–H and O–H groups in total. The highest BCUT2D eigenvalue weighted by atomic mass is 35.5. The van der Waals surface area contributed by atoms with Crippen molar-refractivity contribution in [1.29, 1.82) is 0 Å². The van der Waals surface area contributed by atoms with E-state index in [2.05, 4.69) is 36.3 Å². The topological polar surface area (TPSA) is 134 Å². The number of aromatic carboxylic acids is 1. The second-order valence-electron chi connectivity index (χ2n) is 14.2. The molecule has 2 heterocycles. The van der Waals surface area contributed by atoms with Gasteiger partial charge in [0, 0.05) is 58.3 Å². The van der Waals surface area contributed by atoms with E-state index in [0.717, 1.165) is 22.4 Å². The first-order valence-corrected chi connectivity index (χ1v) is 17.0. The van der Waals surface area contributed by atoms with Gasteiger partial charge in [0.15, 0.2) is 0 Å². The van der Waals surface area contributed by atoms with Crippen LogP contribution in [0.25, 0.3) is 0 Å². The average Bonchev–Trinajstić information content (AvgIpc) is 3.54. The van der Waals surface area contributed by atoms with E-state index in [9.17, 15) is 24.8 Å². The number of methoxy groups -OCH3 is 1. The van der Waals surface area contributed by atoms with Gasteiger partial charge in [0.2, 0.25) is 5.91 Å². The van der Waals surface area contributed by atoms with Crippen LogP contribution in [0.1, 0.15) is 60.2 Å². The lowest BCUT2D eigenvalue weighted by molar-refractivity contribution is -0.384. The Morgan fingerprint density at radius 1 is 1.06 bits per heavy atom. The normalized spacial score (nSPS) is 21.2. The zero-order valence-electron chi connectivity index (χ0n) is 28.1. The summed E-state index contributed by atoms with van der Waals surface area (Å²) in [5, 5.41) is 29.0.